The van der Waals surface area contributed by atoms with E-state index in [1.54, 1.807) is 0 Å². The van der Waals surface area contributed by atoms with Crippen LogP contribution in [0.5, 0.6) is 0 Å². The van der Waals surface area contributed by atoms with Crippen LogP contribution in [0.1, 0.15) is 38.7 Å². The summed E-state index contributed by atoms with van der Waals surface area (Å²) in [5, 5.41) is 0. The van der Waals surface area contributed by atoms with Crippen molar-refractivity contribution >= 4 is 17.6 Å². The molecule has 1 aromatic carbocycles. The number of para-hydroxylation sites is 1. The molecule has 2 unspecified atom stereocenters. The number of carbonyl (C=O) groups excluding carboxylic acids is 2. The normalized spacial score (nSPS) is 21.6. The van der Waals surface area contributed by atoms with Gasteiger partial charge >= 0.3 is 5.97 Å². The van der Waals surface area contributed by atoms with Crippen molar-refractivity contribution in [3.63, 3.8) is 0 Å². The lowest BCUT2D eigenvalue weighted by molar-refractivity contribution is -0.143. The third kappa shape index (κ3) is 2.42. The van der Waals surface area contributed by atoms with Crippen molar-refractivity contribution in [2.45, 2.75) is 39.2 Å². The first-order chi connectivity index (χ1) is 9.47. The van der Waals surface area contributed by atoms with Crippen molar-refractivity contribution in [1.29, 1.82) is 0 Å². The predicted octanol–water partition coefficient (Wildman–Crippen LogP) is 2.72. The van der Waals surface area contributed by atoms with Gasteiger partial charge in [0, 0.05) is 17.6 Å². The second kappa shape index (κ2) is 5.65. The molecule has 1 amide bonds. The number of carbonyl (C=O) groups is 2. The van der Waals surface area contributed by atoms with Crippen LogP contribution in [0.2, 0.25) is 0 Å². The van der Waals surface area contributed by atoms with E-state index in [9.17, 15) is 9.59 Å². The van der Waals surface area contributed by atoms with Gasteiger partial charge in [-0.2, -0.15) is 0 Å². The zero-order valence-corrected chi connectivity index (χ0v) is 12.4. The summed E-state index contributed by atoms with van der Waals surface area (Å²) in [6.45, 7) is 5.76. The lowest BCUT2D eigenvalue weighted by Gasteiger charge is -2.39. The van der Waals surface area contributed by atoms with Crippen LogP contribution < -0.4 is 4.90 Å². The number of methoxy groups -OCH3 is 1. The minimum atomic E-state index is -0.289. The molecule has 0 spiro atoms. The van der Waals surface area contributed by atoms with Crippen LogP contribution in [0.15, 0.2) is 24.3 Å². The summed E-state index contributed by atoms with van der Waals surface area (Å²) in [6, 6.07) is 7.59. The number of hydrogen-bond acceptors (Lipinski definition) is 3. The van der Waals surface area contributed by atoms with Crippen LogP contribution in [-0.4, -0.2) is 25.0 Å². The van der Waals surface area contributed by atoms with Gasteiger partial charge in [0.05, 0.1) is 13.0 Å². The lowest BCUT2D eigenvalue weighted by Crippen LogP contribution is -2.46. The largest absolute Gasteiger partial charge is 0.469 e. The summed E-state index contributed by atoms with van der Waals surface area (Å²) in [5.41, 5.74) is 1.71. The highest BCUT2D eigenvalue weighted by atomic mass is 16.5. The van der Waals surface area contributed by atoms with Gasteiger partial charge in [-0.15, -0.1) is 0 Å². The first kappa shape index (κ1) is 14.6. The zero-order valence-electron chi connectivity index (χ0n) is 12.4. The number of hydrogen-bond donors (Lipinski definition) is 0. The Morgan fingerprint density at radius 1 is 1.30 bits per heavy atom. The molecule has 0 aromatic heterocycles. The summed E-state index contributed by atoms with van der Waals surface area (Å²) < 4.78 is 4.90. The molecule has 0 aliphatic carbocycles. The number of fused-ring (bicyclic) bond motifs is 1. The molecule has 2 rings (SSSR count). The van der Waals surface area contributed by atoms with Gasteiger partial charge in [-0.05, 0) is 25.0 Å². The molecule has 108 valence electrons. The van der Waals surface area contributed by atoms with E-state index in [1.807, 2.05) is 49.9 Å². The van der Waals surface area contributed by atoms with E-state index >= 15 is 0 Å². The number of anilines is 1. The topological polar surface area (TPSA) is 46.6 Å². The summed E-state index contributed by atoms with van der Waals surface area (Å²) in [4.78, 5) is 26.2. The van der Waals surface area contributed by atoms with Gasteiger partial charge in [0.1, 0.15) is 0 Å². The molecular weight excluding hydrogens is 254 g/mol. The second-order valence-corrected chi connectivity index (χ2v) is 5.58. The molecule has 1 heterocycles. The van der Waals surface area contributed by atoms with Crippen LogP contribution in [-0.2, 0) is 14.3 Å². The number of benzene rings is 1. The zero-order chi connectivity index (χ0) is 14.9. The van der Waals surface area contributed by atoms with Crippen LogP contribution >= 0.6 is 0 Å². The minimum Gasteiger partial charge on any atom is -0.469 e. The Morgan fingerprint density at radius 2 is 1.95 bits per heavy atom. The summed E-state index contributed by atoms with van der Waals surface area (Å²) in [7, 11) is 1.40. The monoisotopic (exact) mass is 275 g/mol. The van der Waals surface area contributed by atoms with Crippen LogP contribution in [0, 0.1) is 5.92 Å². The molecule has 20 heavy (non-hydrogen) atoms. The highest BCUT2D eigenvalue weighted by Crippen LogP contribution is 2.39. The molecule has 0 fully saturated rings. The standard InChI is InChI=1S/C16H21NO3/c1-10(2)15(18)17-11(3)9-13(16(19)20-4)12-7-5-6-8-14(12)17/h5-8,10-11,13H,9H2,1-4H3. The maximum absolute atomic E-state index is 12.4. The average Bonchev–Trinajstić information content (AvgIpc) is 2.44. The van der Waals surface area contributed by atoms with E-state index in [0.717, 1.165) is 11.3 Å². The minimum absolute atomic E-state index is 0.0103. The summed E-state index contributed by atoms with van der Waals surface area (Å²) in [5.74, 6) is -0.503. The van der Waals surface area contributed by atoms with Gasteiger partial charge in [0.2, 0.25) is 5.91 Å². The molecule has 1 aromatic rings. The third-order valence-corrected chi connectivity index (χ3v) is 3.81. The molecule has 0 saturated carbocycles. The SMILES string of the molecule is COC(=O)C1CC(C)N(C(=O)C(C)C)c2ccccc21. The smallest absolute Gasteiger partial charge is 0.313 e. The predicted molar refractivity (Wildman–Crippen MR) is 77.6 cm³/mol. The molecule has 0 bridgehead atoms. The van der Waals surface area contributed by atoms with E-state index in [-0.39, 0.29) is 29.8 Å². The maximum atomic E-state index is 12.4. The Balaban J connectivity index is 2.48. The number of esters is 1. The van der Waals surface area contributed by atoms with Gasteiger partial charge in [-0.25, -0.2) is 0 Å². The van der Waals surface area contributed by atoms with Crippen LogP contribution in [0.25, 0.3) is 0 Å². The first-order valence-corrected chi connectivity index (χ1v) is 6.97. The van der Waals surface area contributed by atoms with Gasteiger partial charge in [-0.3, -0.25) is 9.59 Å². The molecule has 1 aliphatic rings. The van der Waals surface area contributed by atoms with Crippen molar-refractivity contribution in [3.8, 4) is 0 Å². The molecule has 4 heteroatoms. The number of ether oxygens (including phenoxy) is 1. The fourth-order valence-electron chi connectivity index (χ4n) is 2.79. The van der Waals surface area contributed by atoms with Gasteiger partial charge in [-0.1, -0.05) is 32.0 Å². The molecule has 0 N–H and O–H groups in total. The van der Waals surface area contributed by atoms with Crippen LogP contribution in [0.3, 0.4) is 0 Å². The Labute approximate surface area is 119 Å². The highest BCUT2D eigenvalue weighted by Gasteiger charge is 2.37. The first-order valence-electron chi connectivity index (χ1n) is 6.97. The fourth-order valence-corrected chi connectivity index (χ4v) is 2.79. The van der Waals surface area contributed by atoms with Crippen molar-refractivity contribution in [3.05, 3.63) is 29.8 Å². The Bertz CT molecular complexity index is 524. The van der Waals surface area contributed by atoms with Crippen molar-refractivity contribution in [1.82, 2.24) is 0 Å². The van der Waals surface area contributed by atoms with E-state index < -0.39 is 0 Å². The van der Waals surface area contributed by atoms with Crippen molar-refractivity contribution < 1.29 is 14.3 Å². The quantitative estimate of drug-likeness (QED) is 0.780. The van der Waals surface area contributed by atoms with Crippen molar-refractivity contribution in [2.24, 2.45) is 5.92 Å². The molecule has 2 atom stereocenters. The lowest BCUT2D eigenvalue weighted by atomic mass is 9.85. The van der Waals surface area contributed by atoms with Gasteiger partial charge in [0.15, 0.2) is 0 Å². The summed E-state index contributed by atoms with van der Waals surface area (Å²) in [6.07, 6.45) is 0.599. The highest BCUT2D eigenvalue weighted by molar-refractivity contribution is 5.98. The Morgan fingerprint density at radius 3 is 2.55 bits per heavy atom. The number of amides is 1. The Kier molecular flexibility index (Phi) is 4.12. The van der Waals surface area contributed by atoms with Crippen molar-refractivity contribution in [2.75, 3.05) is 12.0 Å². The summed E-state index contributed by atoms with van der Waals surface area (Å²) >= 11 is 0. The molecule has 1 aliphatic heterocycles. The number of nitrogens with zero attached hydrogens (tertiary/aromatic N) is 1. The van der Waals surface area contributed by atoms with Gasteiger partial charge < -0.3 is 9.64 Å². The Hall–Kier alpha value is -1.84. The van der Waals surface area contributed by atoms with E-state index in [0.29, 0.717) is 6.42 Å². The average molecular weight is 275 g/mol. The van der Waals surface area contributed by atoms with E-state index in [2.05, 4.69) is 0 Å². The van der Waals surface area contributed by atoms with E-state index in [1.165, 1.54) is 7.11 Å². The maximum Gasteiger partial charge on any atom is 0.313 e. The second-order valence-electron chi connectivity index (χ2n) is 5.58. The van der Waals surface area contributed by atoms with Crippen LogP contribution in [0.4, 0.5) is 5.69 Å². The molecule has 0 radical (unpaired) electrons. The number of rotatable bonds is 2. The molecule has 0 saturated heterocycles. The van der Waals surface area contributed by atoms with E-state index in [4.69, 9.17) is 4.74 Å². The third-order valence-electron chi connectivity index (χ3n) is 3.81. The molecular formula is C16H21NO3. The fraction of sp³-hybridized carbons (Fsp3) is 0.500. The molecule has 4 nitrogen and oxygen atoms in total. The van der Waals surface area contributed by atoms with Gasteiger partial charge in [0.25, 0.3) is 0 Å².